The molecule has 22 heavy (non-hydrogen) atoms. The van der Waals surface area contributed by atoms with Gasteiger partial charge in [-0.25, -0.2) is 0 Å². The Labute approximate surface area is 126 Å². The molecule has 2 aromatic rings. The Hall–Kier alpha value is -1.95. The maximum absolute atomic E-state index is 12.7. The van der Waals surface area contributed by atoms with Gasteiger partial charge in [0.2, 0.25) is 0 Å². The lowest BCUT2D eigenvalue weighted by Gasteiger charge is -2.26. The highest BCUT2D eigenvalue weighted by molar-refractivity contribution is 6.73. The van der Waals surface area contributed by atoms with Gasteiger partial charge in [0, 0.05) is 0 Å². The summed E-state index contributed by atoms with van der Waals surface area (Å²) >= 11 is 0. The molecule has 6 heteroatoms. The third-order valence-electron chi connectivity index (χ3n) is 3.73. The molecule has 0 bridgehead atoms. The van der Waals surface area contributed by atoms with Gasteiger partial charge in [0.1, 0.15) is 18.5 Å². The molecule has 0 aliphatic carbocycles. The SMILES string of the molecule is F[B-](F)(F)c1cccc(OCC2OCCc3ccccc32)c1. The van der Waals surface area contributed by atoms with Gasteiger partial charge in [-0.2, -0.15) is 0 Å². The molecular weight excluding hydrogens is 292 g/mol. The van der Waals surface area contributed by atoms with Crippen LogP contribution in [-0.4, -0.2) is 20.2 Å². The van der Waals surface area contributed by atoms with Crippen LogP contribution >= 0.6 is 0 Å². The van der Waals surface area contributed by atoms with E-state index in [0.717, 1.165) is 24.1 Å². The molecule has 0 fully saturated rings. The van der Waals surface area contributed by atoms with Crippen LogP contribution in [-0.2, 0) is 11.2 Å². The maximum atomic E-state index is 12.7. The second-order valence-corrected chi connectivity index (χ2v) is 5.27. The van der Waals surface area contributed by atoms with Crippen molar-refractivity contribution in [2.45, 2.75) is 12.5 Å². The molecule has 1 heterocycles. The summed E-state index contributed by atoms with van der Waals surface area (Å²) in [5, 5.41) is 0. The van der Waals surface area contributed by atoms with Gasteiger partial charge in [-0.15, -0.1) is 5.46 Å². The number of hydrogen-bond acceptors (Lipinski definition) is 2. The fourth-order valence-electron chi connectivity index (χ4n) is 2.59. The Morgan fingerprint density at radius 2 is 1.91 bits per heavy atom. The van der Waals surface area contributed by atoms with E-state index in [0.29, 0.717) is 6.61 Å². The van der Waals surface area contributed by atoms with Gasteiger partial charge in [-0.3, -0.25) is 0 Å². The lowest BCUT2D eigenvalue weighted by atomic mass is 9.80. The van der Waals surface area contributed by atoms with Gasteiger partial charge in [-0.1, -0.05) is 36.4 Å². The minimum Gasteiger partial charge on any atom is -0.491 e. The zero-order valence-corrected chi connectivity index (χ0v) is 11.8. The quantitative estimate of drug-likeness (QED) is 0.806. The number of ether oxygens (including phenoxy) is 2. The Balaban J connectivity index is 1.71. The van der Waals surface area contributed by atoms with E-state index in [2.05, 4.69) is 0 Å². The summed E-state index contributed by atoms with van der Waals surface area (Å²) in [5.41, 5.74) is 1.60. The van der Waals surface area contributed by atoms with Crippen LogP contribution < -0.4 is 10.2 Å². The number of hydrogen-bond donors (Lipinski definition) is 0. The Bertz CT molecular complexity index is 658. The van der Waals surface area contributed by atoms with Crippen molar-refractivity contribution in [3.8, 4) is 5.75 Å². The zero-order valence-electron chi connectivity index (χ0n) is 11.8. The van der Waals surface area contributed by atoms with Crippen LogP contribution in [0.4, 0.5) is 12.9 Å². The first-order chi connectivity index (χ1) is 10.5. The fourth-order valence-corrected chi connectivity index (χ4v) is 2.59. The first-order valence-electron chi connectivity index (χ1n) is 7.16. The molecule has 2 nitrogen and oxygen atoms in total. The lowest BCUT2D eigenvalue weighted by molar-refractivity contribution is 0.0102. The van der Waals surface area contributed by atoms with Gasteiger partial charge in [-0.05, 0) is 29.7 Å². The topological polar surface area (TPSA) is 18.5 Å². The predicted molar refractivity (Wildman–Crippen MR) is 79.5 cm³/mol. The molecule has 1 unspecified atom stereocenters. The summed E-state index contributed by atoms with van der Waals surface area (Å²) in [7, 11) is 0. The van der Waals surface area contributed by atoms with Crippen LogP contribution in [0.15, 0.2) is 48.5 Å². The smallest absolute Gasteiger partial charge is 0.491 e. The fraction of sp³-hybridized carbons (Fsp3) is 0.250. The molecule has 0 N–H and O–H groups in total. The van der Waals surface area contributed by atoms with Crippen molar-refractivity contribution in [3.63, 3.8) is 0 Å². The summed E-state index contributed by atoms with van der Waals surface area (Å²) in [6.45, 7) is -4.22. The normalized spacial score (nSPS) is 17.9. The third-order valence-corrected chi connectivity index (χ3v) is 3.73. The molecule has 1 aliphatic rings. The largest absolute Gasteiger partial charge is 0.509 e. The average Bonchev–Trinajstić information content (AvgIpc) is 2.52. The van der Waals surface area contributed by atoms with Crippen LogP contribution in [0, 0.1) is 0 Å². The second kappa shape index (κ2) is 6.05. The van der Waals surface area contributed by atoms with Crippen molar-refractivity contribution in [1.29, 1.82) is 0 Å². The van der Waals surface area contributed by atoms with E-state index in [1.807, 2.05) is 24.3 Å². The first-order valence-corrected chi connectivity index (χ1v) is 7.16. The third kappa shape index (κ3) is 3.27. The van der Waals surface area contributed by atoms with E-state index < -0.39 is 12.4 Å². The van der Waals surface area contributed by atoms with Crippen LogP contribution in [0.5, 0.6) is 5.75 Å². The molecule has 3 rings (SSSR count). The van der Waals surface area contributed by atoms with Crippen molar-refractivity contribution < 1.29 is 22.4 Å². The molecule has 0 spiro atoms. The summed E-state index contributed by atoms with van der Waals surface area (Å²) in [6, 6.07) is 12.9. The van der Waals surface area contributed by atoms with Crippen molar-refractivity contribution in [2.75, 3.05) is 13.2 Å². The highest BCUT2D eigenvalue weighted by Crippen LogP contribution is 2.27. The van der Waals surface area contributed by atoms with Crippen LogP contribution in [0.2, 0.25) is 0 Å². The van der Waals surface area contributed by atoms with Crippen molar-refractivity contribution in [1.82, 2.24) is 0 Å². The minimum absolute atomic E-state index is 0.200. The molecule has 0 aromatic heterocycles. The van der Waals surface area contributed by atoms with Crippen molar-refractivity contribution in [2.24, 2.45) is 0 Å². The highest BCUT2D eigenvalue weighted by Gasteiger charge is 2.26. The van der Waals surface area contributed by atoms with Gasteiger partial charge in [0.05, 0.1) is 6.61 Å². The molecule has 1 aliphatic heterocycles. The molecule has 0 saturated carbocycles. The van der Waals surface area contributed by atoms with E-state index >= 15 is 0 Å². The minimum atomic E-state index is -5.01. The molecule has 2 aromatic carbocycles. The van der Waals surface area contributed by atoms with Gasteiger partial charge in [0.15, 0.2) is 0 Å². The summed E-state index contributed by atoms with van der Waals surface area (Å²) in [5.74, 6) is 0.211. The molecule has 0 radical (unpaired) electrons. The molecule has 0 amide bonds. The van der Waals surface area contributed by atoms with Crippen molar-refractivity contribution >= 4 is 12.4 Å². The number of benzene rings is 2. The summed E-state index contributed by atoms with van der Waals surface area (Å²) in [4.78, 5) is 0. The number of fused-ring (bicyclic) bond motifs is 1. The average molecular weight is 307 g/mol. The lowest BCUT2D eigenvalue weighted by Crippen LogP contribution is -2.33. The van der Waals surface area contributed by atoms with Crippen molar-refractivity contribution in [3.05, 3.63) is 59.7 Å². The van der Waals surface area contributed by atoms with Gasteiger partial charge < -0.3 is 22.4 Å². The first kappa shape index (κ1) is 15.0. The van der Waals surface area contributed by atoms with Crippen LogP contribution in [0.25, 0.3) is 0 Å². The molecule has 0 saturated heterocycles. The maximum Gasteiger partial charge on any atom is 0.509 e. The van der Waals surface area contributed by atoms with Crippen LogP contribution in [0.1, 0.15) is 17.2 Å². The summed E-state index contributed by atoms with van der Waals surface area (Å²) < 4.78 is 49.4. The Morgan fingerprint density at radius 3 is 2.73 bits per heavy atom. The van der Waals surface area contributed by atoms with Crippen LogP contribution in [0.3, 0.4) is 0 Å². The van der Waals surface area contributed by atoms with Gasteiger partial charge in [0.25, 0.3) is 0 Å². The Morgan fingerprint density at radius 1 is 1.09 bits per heavy atom. The number of halogens is 3. The molecule has 116 valence electrons. The molecule has 1 atom stereocenters. The zero-order chi connectivity index (χ0) is 15.6. The van der Waals surface area contributed by atoms with E-state index in [9.17, 15) is 12.9 Å². The van der Waals surface area contributed by atoms with E-state index in [4.69, 9.17) is 9.47 Å². The monoisotopic (exact) mass is 307 g/mol. The van der Waals surface area contributed by atoms with E-state index in [1.165, 1.54) is 17.7 Å². The van der Waals surface area contributed by atoms with Gasteiger partial charge >= 0.3 is 6.98 Å². The van der Waals surface area contributed by atoms with E-state index in [-0.39, 0.29) is 18.5 Å². The standard InChI is InChI=1S/C16H15BF3O2/c18-17(19,20)13-5-3-6-14(10-13)22-11-16-15-7-2-1-4-12(15)8-9-21-16/h1-7,10,16H,8-9,11H2/q-1. The number of rotatable bonds is 4. The molecular formula is C16H15BF3O2-. The summed E-state index contributed by atoms with van der Waals surface area (Å²) in [6.07, 6.45) is 0.601. The second-order valence-electron chi connectivity index (χ2n) is 5.27. The van der Waals surface area contributed by atoms with E-state index in [1.54, 1.807) is 0 Å². The highest BCUT2D eigenvalue weighted by atomic mass is 19.4. The Kier molecular flexibility index (Phi) is 4.11. The predicted octanol–water partition coefficient (Wildman–Crippen LogP) is 3.43.